The lowest BCUT2D eigenvalue weighted by atomic mass is 9.99. The molecule has 0 aromatic carbocycles. The van der Waals surface area contributed by atoms with E-state index in [1.54, 1.807) is 0 Å². The smallest absolute Gasteiger partial charge is 0.410 e. The zero-order valence-corrected chi connectivity index (χ0v) is 19.5. The molecule has 1 amide bonds. The highest BCUT2D eigenvalue weighted by molar-refractivity contribution is 9.11. The Hall–Kier alpha value is -0.733. The maximum atomic E-state index is 12.7. The van der Waals surface area contributed by atoms with E-state index in [-0.39, 0.29) is 12.1 Å². The molecule has 0 aliphatic carbocycles. The van der Waals surface area contributed by atoms with Crippen molar-refractivity contribution in [3.8, 4) is 0 Å². The van der Waals surface area contributed by atoms with Gasteiger partial charge in [0.15, 0.2) is 5.66 Å². The van der Waals surface area contributed by atoms with Gasteiger partial charge in [-0.25, -0.2) is 4.79 Å². The summed E-state index contributed by atoms with van der Waals surface area (Å²) in [5.74, 6) is 0. The fraction of sp³-hybridized carbons (Fsp3) is 0.833. The van der Waals surface area contributed by atoms with Crippen LogP contribution >= 0.6 is 15.9 Å². The normalized spacial score (nSPS) is 26.3. The van der Waals surface area contributed by atoms with Gasteiger partial charge in [0.25, 0.3) is 0 Å². The quantitative estimate of drug-likeness (QED) is 0.368. The molecule has 2 aliphatic heterocycles. The second-order valence-electron chi connectivity index (χ2n) is 9.43. The largest absolute Gasteiger partial charge is 0.444 e. The van der Waals surface area contributed by atoms with Crippen LogP contribution in [0.15, 0.2) is 10.8 Å². The summed E-state index contributed by atoms with van der Waals surface area (Å²) in [6.07, 6.45) is 3.51. The predicted molar refractivity (Wildman–Crippen MR) is 111 cm³/mol. The van der Waals surface area contributed by atoms with E-state index >= 15 is 0 Å². The van der Waals surface area contributed by atoms with Crippen LogP contribution in [0.3, 0.4) is 0 Å². The Morgan fingerprint density at radius 2 is 2.12 bits per heavy atom. The Balaban J connectivity index is 2.06. The maximum absolute atomic E-state index is 12.7. The number of carbonyl (C=O) groups excluding carboxylic acids is 1. The third-order valence-electron chi connectivity index (χ3n) is 4.57. The van der Waals surface area contributed by atoms with Gasteiger partial charge in [0.1, 0.15) is 5.60 Å². The number of hydrogen-bond acceptors (Lipinski definition) is 5. The fourth-order valence-electron chi connectivity index (χ4n) is 3.26. The number of rotatable bonds is 6. The molecule has 2 unspecified atom stereocenters. The highest BCUT2D eigenvalue weighted by Gasteiger charge is 2.49. The third-order valence-corrected chi connectivity index (χ3v) is 6.71. The van der Waals surface area contributed by atoms with Crippen molar-refractivity contribution in [3.05, 3.63) is 10.8 Å². The average Bonchev–Trinajstić information content (AvgIpc) is 3.08. The number of hydrogen-bond donors (Lipinski definition) is 2. The van der Waals surface area contributed by atoms with Gasteiger partial charge in [-0.1, -0.05) is 19.6 Å². The highest BCUT2D eigenvalue weighted by Crippen LogP contribution is 2.31. The SMILES string of the molecule is CC(C)(C)OC(=O)N1CCCC1C1(COCC[Si](C)(C)C)NC=C(Br)N1. The molecule has 0 radical (unpaired) electrons. The Bertz CT molecular complexity index is 545. The summed E-state index contributed by atoms with van der Waals surface area (Å²) in [5.41, 5.74) is -1.02. The van der Waals surface area contributed by atoms with Gasteiger partial charge in [-0.15, -0.1) is 0 Å². The van der Waals surface area contributed by atoms with Crippen molar-refractivity contribution in [2.45, 2.75) is 76.6 Å². The average molecular weight is 448 g/mol. The van der Waals surface area contributed by atoms with Crippen LogP contribution in [0, 0.1) is 0 Å². The van der Waals surface area contributed by atoms with E-state index in [1.807, 2.05) is 31.9 Å². The lowest BCUT2D eigenvalue weighted by molar-refractivity contribution is -0.00416. The van der Waals surface area contributed by atoms with Crippen LogP contribution in [-0.2, 0) is 9.47 Å². The monoisotopic (exact) mass is 447 g/mol. The zero-order chi connectivity index (χ0) is 19.6. The Kier molecular flexibility index (Phi) is 6.72. The van der Waals surface area contributed by atoms with Gasteiger partial charge >= 0.3 is 6.09 Å². The minimum atomic E-state index is -1.13. The summed E-state index contributed by atoms with van der Waals surface area (Å²) < 4.78 is 12.6. The summed E-state index contributed by atoms with van der Waals surface area (Å²) in [4.78, 5) is 14.5. The fourth-order valence-corrected chi connectivity index (χ4v) is 4.49. The van der Waals surface area contributed by atoms with E-state index in [0.717, 1.165) is 30.1 Å². The van der Waals surface area contributed by atoms with E-state index in [9.17, 15) is 4.79 Å². The molecule has 8 heteroatoms. The molecule has 1 fully saturated rings. The van der Waals surface area contributed by atoms with E-state index in [4.69, 9.17) is 9.47 Å². The van der Waals surface area contributed by atoms with Crippen LogP contribution in [0.25, 0.3) is 0 Å². The molecule has 0 aromatic heterocycles. The van der Waals surface area contributed by atoms with Crippen LogP contribution in [-0.4, -0.2) is 56.1 Å². The molecular weight excluding hydrogens is 414 g/mol. The molecule has 2 heterocycles. The van der Waals surface area contributed by atoms with Crippen LogP contribution in [0.4, 0.5) is 4.79 Å². The van der Waals surface area contributed by atoms with E-state index in [2.05, 4.69) is 46.2 Å². The number of nitrogens with one attached hydrogen (secondary N) is 2. The number of carbonyl (C=O) groups is 1. The Morgan fingerprint density at radius 3 is 2.65 bits per heavy atom. The molecule has 1 saturated heterocycles. The minimum absolute atomic E-state index is 0.0319. The summed E-state index contributed by atoms with van der Waals surface area (Å²) in [7, 11) is -1.13. The third kappa shape index (κ3) is 5.89. The van der Waals surface area contributed by atoms with Gasteiger partial charge < -0.3 is 25.0 Å². The summed E-state index contributed by atoms with van der Waals surface area (Å²) in [5, 5.41) is 6.88. The van der Waals surface area contributed by atoms with Crippen LogP contribution in [0.2, 0.25) is 25.7 Å². The molecule has 0 aromatic rings. The summed E-state index contributed by atoms with van der Waals surface area (Å²) in [6.45, 7) is 14.7. The van der Waals surface area contributed by atoms with Crippen molar-refractivity contribution >= 4 is 30.1 Å². The summed E-state index contributed by atoms with van der Waals surface area (Å²) in [6, 6.07) is 1.09. The van der Waals surface area contributed by atoms with Crippen molar-refractivity contribution in [3.63, 3.8) is 0 Å². The minimum Gasteiger partial charge on any atom is -0.444 e. The lowest BCUT2D eigenvalue weighted by Gasteiger charge is -2.41. The van der Waals surface area contributed by atoms with Crippen LogP contribution in [0.5, 0.6) is 0 Å². The van der Waals surface area contributed by atoms with Gasteiger partial charge in [0.2, 0.25) is 0 Å². The predicted octanol–water partition coefficient (Wildman–Crippen LogP) is 3.82. The number of likely N-dealkylation sites (tertiary alicyclic amines) is 1. The maximum Gasteiger partial charge on any atom is 0.410 e. The Labute approximate surface area is 167 Å². The van der Waals surface area contributed by atoms with Gasteiger partial charge in [-0.3, -0.25) is 0 Å². The molecule has 6 nitrogen and oxygen atoms in total. The topological polar surface area (TPSA) is 62.8 Å². The molecule has 2 atom stereocenters. The number of ether oxygens (including phenoxy) is 2. The standard InChI is InChI=1S/C18H34BrN3O3Si/c1-17(2,3)25-16(23)22-9-7-8-14(22)18(20-12-15(19)21-18)13-24-10-11-26(4,5)6/h12,14,20-21H,7-11,13H2,1-6H3. The molecule has 26 heavy (non-hydrogen) atoms. The molecule has 2 rings (SSSR count). The van der Waals surface area contributed by atoms with E-state index in [0.29, 0.717) is 13.2 Å². The highest BCUT2D eigenvalue weighted by atomic mass is 79.9. The van der Waals surface area contributed by atoms with Crippen LogP contribution < -0.4 is 10.6 Å². The van der Waals surface area contributed by atoms with Crippen molar-refractivity contribution in [2.75, 3.05) is 19.8 Å². The molecule has 0 saturated carbocycles. The van der Waals surface area contributed by atoms with Crippen molar-refractivity contribution in [1.82, 2.24) is 15.5 Å². The van der Waals surface area contributed by atoms with Gasteiger partial charge in [-0.05, 0) is 55.6 Å². The van der Waals surface area contributed by atoms with Crippen LogP contribution in [0.1, 0.15) is 33.6 Å². The molecule has 2 N–H and O–H groups in total. The molecule has 0 spiro atoms. The van der Waals surface area contributed by atoms with Crippen molar-refractivity contribution < 1.29 is 14.3 Å². The van der Waals surface area contributed by atoms with E-state index < -0.39 is 19.3 Å². The first-order valence-electron chi connectivity index (χ1n) is 9.41. The van der Waals surface area contributed by atoms with Gasteiger partial charge in [-0.2, -0.15) is 0 Å². The number of nitrogens with zero attached hydrogens (tertiary/aromatic N) is 1. The zero-order valence-electron chi connectivity index (χ0n) is 16.9. The molecule has 2 aliphatic rings. The van der Waals surface area contributed by atoms with Crippen molar-refractivity contribution in [1.29, 1.82) is 0 Å². The second-order valence-corrected chi connectivity index (χ2v) is 15.9. The number of halogens is 1. The van der Waals surface area contributed by atoms with Gasteiger partial charge in [0.05, 0.1) is 17.3 Å². The first-order valence-corrected chi connectivity index (χ1v) is 13.9. The first kappa shape index (κ1) is 21.6. The van der Waals surface area contributed by atoms with Crippen molar-refractivity contribution in [2.24, 2.45) is 0 Å². The summed E-state index contributed by atoms with van der Waals surface area (Å²) >= 11 is 3.51. The number of amides is 1. The van der Waals surface area contributed by atoms with E-state index in [1.165, 1.54) is 0 Å². The second kappa shape index (κ2) is 8.10. The molecule has 150 valence electrons. The molecule has 0 bridgehead atoms. The van der Waals surface area contributed by atoms with Gasteiger partial charge in [0, 0.05) is 27.4 Å². The Morgan fingerprint density at radius 1 is 1.42 bits per heavy atom. The molecular formula is C18H34BrN3O3Si. The lowest BCUT2D eigenvalue weighted by Crippen LogP contribution is -2.66. The first-order chi connectivity index (χ1) is 11.9.